The number of hydrogen-bond acceptors (Lipinski definition) is 4. The fraction of sp³-hybridized carbons (Fsp3) is 0.462. The molecule has 1 aliphatic rings. The zero-order valence-electron chi connectivity index (χ0n) is 11.5. The van der Waals surface area contributed by atoms with Gasteiger partial charge in [-0.2, -0.15) is 4.31 Å². The summed E-state index contributed by atoms with van der Waals surface area (Å²) in [7, 11) is -2.13. The van der Waals surface area contributed by atoms with Crippen LogP contribution in [0, 0.1) is 5.92 Å². The first-order valence-corrected chi connectivity index (χ1v) is 8.20. The van der Waals surface area contributed by atoms with Crippen molar-refractivity contribution < 1.29 is 23.1 Å². The molecule has 0 bridgehead atoms. The van der Waals surface area contributed by atoms with E-state index in [1.807, 2.05) is 0 Å². The summed E-state index contributed by atoms with van der Waals surface area (Å²) < 4.78 is 31.4. The van der Waals surface area contributed by atoms with E-state index in [0.29, 0.717) is 19.7 Å². The fourth-order valence-corrected chi connectivity index (χ4v) is 4.12. The standard InChI is InChI=1S/C13H16ClNO5S/c1-20-8-9-4-5-15(7-9)21(18,19)10-2-3-12(14)11(6-10)13(16)17/h2-3,6,9H,4-5,7-8H2,1H3,(H,16,17). The maximum absolute atomic E-state index is 12.5. The Labute approximate surface area is 128 Å². The molecule has 2 rings (SSSR count). The lowest BCUT2D eigenvalue weighted by atomic mass is 10.1. The summed E-state index contributed by atoms with van der Waals surface area (Å²) in [6.07, 6.45) is 0.729. The first-order valence-electron chi connectivity index (χ1n) is 6.38. The molecule has 0 aliphatic carbocycles. The highest BCUT2D eigenvalue weighted by atomic mass is 35.5. The van der Waals surface area contributed by atoms with Gasteiger partial charge >= 0.3 is 5.97 Å². The SMILES string of the molecule is COCC1CCN(S(=O)(=O)c2ccc(Cl)c(C(=O)O)c2)C1. The molecule has 1 aromatic carbocycles. The van der Waals surface area contributed by atoms with Crippen LogP contribution < -0.4 is 0 Å². The minimum atomic E-state index is -3.71. The number of sulfonamides is 1. The third-order valence-corrected chi connectivity index (χ3v) is 5.65. The molecule has 0 radical (unpaired) electrons. The average Bonchev–Trinajstić information content (AvgIpc) is 2.88. The molecule has 0 spiro atoms. The molecule has 8 heteroatoms. The molecular weight excluding hydrogens is 318 g/mol. The first-order chi connectivity index (χ1) is 9.86. The lowest BCUT2D eigenvalue weighted by molar-refractivity contribution is 0.0697. The second-order valence-corrected chi connectivity index (χ2v) is 7.27. The summed E-state index contributed by atoms with van der Waals surface area (Å²) in [5, 5.41) is 9.04. The van der Waals surface area contributed by atoms with Crippen molar-refractivity contribution in [3.05, 3.63) is 28.8 Å². The number of nitrogens with zero attached hydrogens (tertiary/aromatic N) is 1. The van der Waals surface area contributed by atoms with E-state index < -0.39 is 16.0 Å². The molecule has 1 aromatic rings. The Morgan fingerprint density at radius 3 is 2.86 bits per heavy atom. The monoisotopic (exact) mass is 333 g/mol. The van der Waals surface area contributed by atoms with Gasteiger partial charge in [0.25, 0.3) is 0 Å². The largest absolute Gasteiger partial charge is 0.478 e. The van der Waals surface area contributed by atoms with Gasteiger partial charge in [-0.05, 0) is 30.5 Å². The van der Waals surface area contributed by atoms with Crippen molar-refractivity contribution in [2.24, 2.45) is 5.92 Å². The van der Waals surface area contributed by atoms with E-state index in [0.717, 1.165) is 12.5 Å². The fourth-order valence-electron chi connectivity index (χ4n) is 2.36. The van der Waals surface area contributed by atoms with Crippen molar-refractivity contribution in [1.29, 1.82) is 0 Å². The van der Waals surface area contributed by atoms with Crippen LogP contribution in [0.15, 0.2) is 23.1 Å². The maximum Gasteiger partial charge on any atom is 0.337 e. The molecule has 0 aromatic heterocycles. The number of benzene rings is 1. The first kappa shape index (κ1) is 16.2. The summed E-state index contributed by atoms with van der Waals surface area (Å²) >= 11 is 5.76. The molecule has 0 amide bonds. The van der Waals surface area contributed by atoms with Crippen molar-refractivity contribution >= 4 is 27.6 Å². The molecular formula is C13H16ClNO5S. The predicted octanol–water partition coefficient (Wildman–Crippen LogP) is 1.70. The Morgan fingerprint density at radius 1 is 1.52 bits per heavy atom. The topological polar surface area (TPSA) is 83.9 Å². The number of hydrogen-bond donors (Lipinski definition) is 1. The Bertz CT molecular complexity index is 646. The molecule has 1 unspecified atom stereocenters. The normalized spacial score (nSPS) is 19.8. The van der Waals surface area contributed by atoms with Gasteiger partial charge in [0.1, 0.15) is 0 Å². The van der Waals surface area contributed by atoms with Crippen LogP contribution in [0.25, 0.3) is 0 Å². The molecule has 1 atom stereocenters. The highest BCUT2D eigenvalue weighted by Crippen LogP contribution is 2.27. The summed E-state index contributed by atoms with van der Waals surface area (Å²) in [5.41, 5.74) is -0.217. The number of carboxylic acids is 1. The van der Waals surface area contributed by atoms with Crippen molar-refractivity contribution in [1.82, 2.24) is 4.31 Å². The van der Waals surface area contributed by atoms with Gasteiger partial charge in [0.05, 0.1) is 22.1 Å². The van der Waals surface area contributed by atoms with Gasteiger partial charge < -0.3 is 9.84 Å². The zero-order chi connectivity index (χ0) is 15.6. The Hall–Kier alpha value is -1.15. The minimum absolute atomic E-state index is 0.0140. The Kier molecular flexibility index (Phi) is 4.88. The second-order valence-electron chi connectivity index (χ2n) is 4.92. The van der Waals surface area contributed by atoms with Crippen LogP contribution in [0.1, 0.15) is 16.8 Å². The van der Waals surface area contributed by atoms with Crippen LogP contribution in [-0.4, -0.2) is 50.6 Å². The zero-order valence-corrected chi connectivity index (χ0v) is 13.0. The molecule has 1 saturated heterocycles. The molecule has 1 heterocycles. The number of rotatable bonds is 5. The van der Waals surface area contributed by atoms with E-state index in [9.17, 15) is 13.2 Å². The lowest BCUT2D eigenvalue weighted by Gasteiger charge is -2.17. The number of ether oxygens (including phenoxy) is 1. The van der Waals surface area contributed by atoms with E-state index in [2.05, 4.69) is 0 Å². The summed E-state index contributed by atoms with van der Waals surface area (Å²) in [6.45, 7) is 1.29. The third-order valence-electron chi connectivity index (χ3n) is 3.46. The minimum Gasteiger partial charge on any atom is -0.478 e. The van der Waals surface area contributed by atoms with Crippen molar-refractivity contribution in [2.75, 3.05) is 26.8 Å². The van der Waals surface area contributed by atoms with E-state index in [1.165, 1.54) is 16.4 Å². The quantitative estimate of drug-likeness (QED) is 0.886. The third kappa shape index (κ3) is 3.37. The van der Waals surface area contributed by atoms with E-state index in [4.69, 9.17) is 21.4 Å². The van der Waals surface area contributed by atoms with E-state index in [-0.39, 0.29) is 21.4 Å². The number of halogens is 1. The molecule has 0 saturated carbocycles. The van der Waals surface area contributed by atoms with Crippen LogP contribution in [-0.2, 0) is 14.8 Å². The average molecular weight is 334 g/mol. The molecule has 1 fully saturated rings. The van der Waals surface area contributed by atoms with Gasteiger partial charge in [-0.3, -0.25) is 0 Å². The molecule has 1 aliphatic heterocycles. The molecule has 21 heavy (non-hydrogen) atoms. The van der Waals surface area contributed by atoms with Crippen LogP contribution in [0.5, 0.6) is 0 Å². The van der Waals surface area contributed by atoms with Gasteiger partial charge in [0.15, 0.2) is 0 Å². The number of aromatic carboxylic acids is 1. The van der Waals surface area contributed by atoms with Crippen molar-refractivity contribution in [3.8, 4) is 0 Å². The maximum atomic E-state index is 12.5. The predicted molar refractivity (Wildman–Crippen MR) is 77.2 cm³/mol. The van der Waals surface area contributed by atoms with Crippen molar-refractivity contribution in [2.45, 2.75) is 11.3 Å². The van der Waals surface area contributed by atoms with E-state index >= 15 is 0 Å². The lowest BCUT2D eigenvalue weighted by Crippen LogP contribution is -2.29. The van der Waals surface area contributed by atoms with Crippen LogP contribution in [0.4, 0.5) is 0 Å². The molecule has 116 valence electrons. The Morgan fingerprint density at radius 2 is 2.24 bits per heavy atom. The highest BCUT2D eigenvalue weighted by molar-refractivity contribution is 7.89. The molecule has 1 N–H and O–H groups in total. The van der Waals surface area contributed by atoms with Crippen molar-refractivity contribution in [3.63, 3.8) is 0 Å². The van der Waals surface area contributed by atoms with Gasteiger partial charge in [-0.1, -0.05) is 11.6 Å². The summed E-state index contributed by atoms with van der Waals surface area (Å²) in [5.74, 6) is -1.09. The second kappa shape index (κ2) is 6.31. The number of carbonyl (C=O) groups is 1. The van der Waals surface area contributed by atoms with Gasteiger partial charge in [0, 0.05) is 20.2 Å². The van der Waals surface area contributed by atoms with Crippen LogP contribution in [0.2, 0.25) is 5.02 Å². The van der Waals surface area contributed by atoms with Crippen LogP contribution in [0.3, 0.4) is 0 Å². The summed E-state index contributed by atoms with van der Waals surface area (Å²) in [6, 6.07) is 3.72. The van der Waals surface area contributed by atoms with E-state index in [1.54, 1.807) is 7.11 Å². The Balaban J connectivity index is 2.28. The van der Waals surface area contributed by atoms with Gasteiger partial charge in [-0.25, -0.2) is 13.2 Å². The highest BCUT2D eigenvalue weighted by Gasteiger charge is 2.33. The number of methoxy groups -OCH3 is 1. The van der Waals surface area contributed by atoms with Crippen LogP contribution >= 0.6 is 11.6 Å². The summed E-state index contributed by atoms with van der Waals surface area (Å²) in [4.78, 5) is 11.0. The smallest absolute Gasteiger partial charge is 0.337 e. The number of carboxylic acid groups (broad SMARTS) is 1. The molecule has 6 nitrogen and oxygen atoms in total. The van der Waals surface area contributed by atoms with Gasteiger partial charge in [-0.15, -0.1) is 0 Å². The van der Waals surface area contributed by atoms with Gasteiger partial charge in [0.2, 0.25) is 10.0 Å².